The molecule has 0 aromatic heterocycles. The second-order valence-electron chi connectivity index (χ2n) is 11.0. The van der Waals surface area contributed by atoms with Gasteiger partial charge in [0.25, 0.3) is 0 Å². The van der Waals surface area contributed by atoms with Gasteiger partial charge >= 0.3 is 12.2 Å². The Kier molecular flexibility index (Phi) is 11.6. The summed E-state index contributed by atoms with van der Waals surface area (Å²) >= 11 is 0. The Labute approximate surface area is 217 Å². The maximum Gasteiger partial charge on any atom is 0.407 e. The number of alkyl carbamates (subject to hydrolysis) is 2. The van der Waals surface area contributed by atoms with Crippen molar-refractivity contribution in [1.82, 2.24) is 15.5 Å². The monoisotopic (exact) mass is 508 g/mol. The third-order valence-electron chi connectivity index (χ3n) is 7.88. The van der Waals surface area contributed by atoms with E-state index in [1.807, 2.05) is 6.92 Å². The topological polar surface area (TPSA) is 101 Å². The van der Waals surface area contributed by atoms with Crippen LogP contribution < -0.4 is 10.6 Å². The molecule has 0 spiro atoms. The number of oxime groups is 1. The molecule has 1 aliphatic heterocycles. The van der Waals surface area contributed by atoms with Gasteiger partial charge in [-0.25, -0.2) is 9.59 Å². The second kappa shape index (κ2) is 14.6. The van der Waals surface area contributed by atoms with E-state index >= 15 is 0 Å². The molecule has 206 valence electrons. The molecule has 2 fully saturated rings. The molecule has 0 aromatic carbocycles. The van der Waals surface area contributed by atoms with E-state index in [1.165, 1.54) is 31.4 Å². The number of fused-ring (bicyclic) bond motifs is 5. The summed E-state index contributed by atoms with van der Waals surface area (Å²) in [5.74, 6) is 3.16. The van der Waals surface area contributed by atoms with E-state index in [-0.39, 0.29) is 25.4 Å². The third-order valence-corrected chi connectivity index (χ3v) is 7.88. The van der Waals surface area contributed by atoms with Crippen molar-refractivity contribution in [2.75, 3.05) is 45.9 Å². The van der Waals surface area contributed by atoms with Crippen LogP contribution in [0.15, 0.2) is 5.16 Å². The van der Waals surface area contributed by atoms with Crippen molar-refractivity contribution < 1.29 is 23.9 Å². The molecule has 5 atom stereocenters. The number of nitrogens with one attached hydrogen (secondary N) is 2. The van der Waals surface area contributed by atoms with Crippen LogP contribution in [0.4, 0.5) is 9.59 Å². The molecule has 3 rings (SSSR count). The van der Waals surface area contributed by atoms with E-state index < -0.39 is 6.09 Å². The van der Waals surface area contributed by atoms with Crippen LogP contribution in [-0.4, -0.2) is 74.8 Å². The molecular weight excluding hydrogens is 460 g/mol. The number of nitrogens with zero attached hydrogens (tertiary/aromatic N) is 2. The number of amides is 2. The zero-order valence-electron chi connectivity index (χ0n) is 22.8. The number of carbonyl (C=O) groups is 2. The number of ether oxygens (including phenoxy) is 2. The fourth-order valence-corrected chi connectivity index (χ4v) is 6.08. The number of hydrogen-bond donors (Lipinski definition) is 2. The fourth-order valence-electron chi connectivity index (χ4n) is 6.08. The lowest BCUT2D eigenvalue weighted by Crippen LogP contribution is -2.38. The predicted octanol–water partition coefficient (Wildman–Crippen LogP) is 4.41. The summed E-state index contributed by atoms with van der Waals surface area (Å²) in [6.45, 7) is 12.2. The molecule has 2 aliphatic carbocycles. The van der Waals surface area contributed by atoms with Gasteiger partial charge in [-0.2, -0.15) is 0 Å². The van der Waals surface area contributed by atoms with Gasteiger partial charge in [0.1, 0.15) is 19.3 Å². The molecule has 0 saturated heterocycles. The van der Waals surface area contributed by atoms with Gasteiger partial charge in [-0.1, -0.05) is 45.7 Å². The van der Waals surface area contributed by atoms with Crippen molar-refractivity contribution in [2.24, 2.45) is 34.7 Å². The summed E-state index contributed by atoms with van der Waals surface area (Å²) in [7, 11) is 0. The van der Waals surface area contributed by atoms with E-state index in [9.17, 15) is 9.59 Å². The van der Waals surface area contributed by atoms with E-state index in [1.54, 1.807) is 0 Å². The number of rotatable bonds is 16. The highest BCUT2D eigenvalue weighted by Crippen LogP contribution is 2.56. The highest BCUT2D eigenvalue weighted by molar-refractivity contribution is 5.89. The summed E-state index contributed by atoms with van der Waals surface area (Å²) in [5, 5.41) is 10.1. The zero-order chi connectivity index (χ0) is 25.9. The van der Waals surface area contributed by atoms with E-state index in [2.05, 4.69) is 41.5 Å². The van der Waals surface area contributed by atoms with E-state index in [0.717, 1.165) is 31.7 Å². The highest BCUT2D eigenvalue weighted by atomic mass is 16.6. The molecule has 2 bridgehead atoms. The lowest BCUT2D eigenvalue weighted by molar-refractivity contribution is 0.00559. The van der Waals surface area contributed by atoms with Crippen LogP contribution in [-0.2, 0) is 14.3 Å². The Bertz CT molecular complexity index is 731. The van der Waals surface area contributed by atoms with Crippen LogP contribution in [0.25, 0.3) is 0 Å². The van der Waals surface area contributed by atoms with Gasteiger partial charge in [-0.3, -0.25) is 4.90 Å². The molecular formula is C27H48N4O5. The Morgan fingerprint density at radius 3 is 2.36 bits per heavy atom. The highest BCUT2D eigenvalue weighted by Gasteiger charge is 2.57. The Hall–Kier alpha value is -2.03. The zero-order valence-corrected chi connectivity index (χ0v) is 22.8. The Morgan fingerprint density at radius 2 is 1.72 bits per heavy atom. The Balaban J connectivity index is 1.44. The van der Waals surface area contributed by atoms with Crippen molar-refractivity contribution in [3.8, 4) is 0 Å². The van der Waals surface area contributed by atoms with Crippen molar-refractivity contribution in [2.45, 2.75) is 78.7 Å². The molecule has 5 unspecified atom stereocenters. The first-order chi connectivity index (χ1) is 17.4. The van der Waals surface area contributed by atoms with Crippen molar-refractivity contribution in [3.05, 3.63) is 0 Å². The van der Waals surface area contributed by atoms with E-state index in [4.69, 9.17) is 14.3 Å². The maximum atomic E-state index is 12.0. The molecule has 36 heavy (non-hydrogen) atoms. The smallest absolute Gasteiger partial charge is 0.407 e. The minimum atomic E-state index is -0.391. The van der Waals surface area contributed by atoms with Gasteiger partial charge in [-0.05, 0) is 43.4 Å². The average molecular weight is 509 g/mol. The molecule has 2 N–H and O–H groups in total. The van der Waals surface area contributed by atoms with Crippen LogP contribution in [0, 0.1) is 29.6 Å². The van der Waals surface area contributed by atoms with Crippen molar-refractivity contribution in [3.63, 3.8) is 0 Å². The van der Waals surface area contributed by atoms with Crippen LogP contribution in [0.2, 0.25) is 0 Å². The van der Waals surface area contributed by atoms with Crippen molar-refractivity contribution >= 4 is 17.9 Å². The number of carbonyl (C=O) groups excluding carboxylic acids is 2. The minimum Gasteiger partial charge on any atom is -0.448 e. The fraction of sp³-hybridized carbons (Fsp3) is 0.889. The van der Waals surface area contributed by atoms with Crippen LogP contribution in [0.1, 0.15) is 72.6 Å². The van der Waals surface area contributed by atoms with Gasteiger partial charge in [0.05, 0.1) is 5.71 Å². The predicted molar refractivity (Wildman–Crippen MR) is 140 cm³/mol. The van der Waals surface area contributed by atoms with Crippen LogP contribution in [0.3, 0.4) is 0 Å². The van der Waals surface area contributed by atoms with Crippen molar-refractivity contribution in [1.29, 1.82) is 0 Å². The SMILES string of the molecule is CCCNC(=O)OCCN(CCOC(=O)NCCC(C)C)CCC1=NOC2C3CC(CC3CCC)C12. The van der Waals surface area contributed by atoms with Gasteiger partial charge < -0.3 is 24.9 Å². The first kappa shape index (κ1) is 28.5. The summed E-state index contributed by atoms with van der Waals surface area (Å²) in [5.41, 5.74) is 1.18. The van der Waals surface area contributed by atoms with Crippen LogP contribution in [0.5, 0.6) is 0 Å². The summed E-state index contributed by atoms with van der Waals surface area (Å²) in [4.78, 5) is 31.9. The van der Waals surface area contributed by atoms with Gasteiger partial charge in [-0.15, -0.1) is 0 Å². The molecule has 1 heterocycles. The molecule has 2 amide bonds. The second-order valence-corrected chi connectivity index (χ2v) is 11.0. The largest absolute Gasteiger partial charge is 0.448 e. The standard InChI is InChI=1S/C27H48N4O5/c1-5-7-20-17-21-18-22(20)25-24(21)23(30-36-25)9-12-31(13-15-34-26(32)28-10-6-2)14-16-35-27(33)29-11-8-19(3)4/h19-22,24-25H,5-18H2,1-4H3,(H,28,32)(H,29,33). The normalized spacial score (nSPS) is 26.1. The molecule has 2 saturated carbocycles. The average Bonchev–Trinajstić information content (AvgIpc) is 3.53. The first-order valence-electron chi connectivity index (χ1n) is 14.2. The molecule has 9 nitrogen and oxygen atoms in total. The number of hydrogen-bond acceptors (Lipinski definition) is 7. The van der Waals surface area contributed by atoms with Gasteiger partial charge in [0.15, 0.2) is 0 Å². The molecule has 3 aliphatic rings. The lowest BCUT2D eigenvalue weighted by Gasteiger charge is -2.30. The molecule has 0 aromatic rings. The van der Waals surface area contributed by atoms with Gasteiger partial charge in [0, 0.05) is 51.0 Å². The summed E-state index contributed by atoms with van der Waals surface area (Å²) in [6, 6.07) is 0. The summed E-state index contributed by atoms with van der Waals surface area (Å²) in [6.07, 6.45) is 7.24. The van der Waals surface area contributed by atoms with Gasteiger partial charge in [0.2, 0.25) is 0 Å². The molecule has 9 heteroatoms. The quantitative estimate of drug-likeness (QED) is 0.320. The summed E-state index contributed by atoms with van der Waals surface area (Å²) < 4.78 is 10.7. The van der Waals surface area contributed by atoms with Crippen LogP contribution >= 0.6 is 0 Å². The lowest BCUT2D eigenvalue weighted by atomic mass is 9.76. The minimum absolute atomic E-state index is 0.271. The maximum absolute atomic E-state index is 12.0. The van der Waals surface area contributed by atoms with E-state index in [0.29, 0.717) is 49.9 Å². The molecule has 0 radical (unpaired) electrons. The third kappa shape index (κ3) is 8.25. The first-order valence-corrected chi connectivity index (χ1v) is 14.2. The Morgan fingerprint density at radius 1 is 1.03 bits per heavy atom.